The first kappa shape index (κ1) is 16.2. The van der Waals surface area contributed by atoms with Crippen LogP contribution in [0.2, 0.25) is 0 Å². The van der Waals surface area contributed by atoms with Gasteiger partial charge in [-0.05, 0) is 45.2 Å². The second kappa shape index (κ2) is 7.08. The van der Waals surface area contributed by atoms with Crippen LogP contribution in [0.4, 0.5) is 4.79 Å². The fourth-order valence-electron chi connectivity index (χ4n) is 1.63. The molecule has 0 aliphatic rings. The summed E-state index contributed by atoms with van der Waals surface area (Å²) in [5, 5.41) is 2.71. The van der Waals surface area contributed by atoms with E-state index in [0.717, 1.165) is 17.5 Å². The molecule has 4 heteroatoms. The largest absolute Gasteiger partial charge is 0.444 e. The van der Waals surface area contributed by atoms with Gasteiger partial charge >= 0.3 is 6.09 Å². The first-order valence-electron chi connectivity index (χ1n) is 6.80. The van der Waals surface area contributed by atoms with Crippen LogP contribution in [0.5, 0.6) is 0 Å². The molecule has 0 atom stereocenters. The van der Waals surface area contributed by atoms with Gasteiger partial charge in [0.1, 0.15) is 11.4 Å². The number of hydrogen-bond donors (Lipinski definition) is 1. The Morgan fingerprint density at radius 3 is 2.15 bits per heavy atom. The highest BCUT2D eigenvalue weighted by Gasteiger charge is 2.15. The topological polar surface area (TPSA) is 55.4 Å². The van der Waals surface area contributed by atoms with Gasteiger partial charge in [-0.25, -0.2) is 4.79 Å². The molecule has 0 fully saturated rings. The third-order valence-corrected chi connectivity index (χ3v) is 2.62. The summed E-state index contributed by atoms with van der Waals surface area (Å²) >= 11 is 0. The molecule has 0 unspecified atom stereocenters. The molecule has 0 bridgehead atoms. The van der Waals surface area contributed by atoms with Crippen molar-refractivity contribution in [3.8, 4) is 0 Å². The maximum absolute atomic E-state index is 11.5. The number of Topliss-reactive ketones (excluding diaryl/α,β-unsaturated/α-hetero) is 1. The molecule has 0 heterocycles. The first-order chi connectivity index (χ1) is 9.26. The molecule has 4 nitrogen and oxygen atoms in total. The normalized spacial score (nSPS) is 11.0. The highest BCUT2D eigenvalue weighted by atomic mass is 16.6. The van der Waals surface area contributed by atoms with Crippen LogP contribution >= 0.6 is 0 Å². The number of nitrogens with one attached hydrogen (secondary N) is 1. The van der Waals surface area contributed by atoms with Crippen LogP contribution in [-0.4, -0.2) is 17.5 Å². The smallest absolute Gasteiger partial charge is 0.407 e. The fourth-order valence-corrected chi connectivity index (χ4v) is 1.63. The van der Waals surface area contributed by atoms with Crippen LogP contribution in [0.1, 0.15) is 45.2 Å². The monoisotopic (exact) mass is 277 g/mol. The average Bonchev–Trinajstić information content (AvgIpc) is 2.33. The summed E-state index contributed by atoms with van der Waals surface area (Å²) in [5.41, 5.74) is 1.64. The van der Waals surface area contributed by atoms with E-state index in [4.69, 9.17) is 4.74 Å². The number of rotatable bonds is 5. The van der Waals surface area contributed by atoms with E-state index in [9.17, 15) is 9.59 Å². The van der Waals surface area contributed by atoms with Gasteiger partial charge in [0.15, 0.2) is 0 Å². The van der Waals surface area contributed by atoms with Gasteiger partial charge in [-0.15, -0.1) is 0 Å². The molecule has 0 aliphatic heterocycles. The number of benzene rings is 1. The Balaban J connectivity index is 2.42. The number of ketones is 1. The zero-order valence-corrected chi connectivity index (χ0v) is 12.7. The summed E-state index contributed by atoms with van der Waals surface area (Å²) in [6, 6.07) is 7.86. The molecule has 1 aromatic carbocycles. The molecular weight excluding hydrogens is 254 g/mol. The molecule has 1 rings (SSSR count). The van der Waals surface area contributed by atoms with Crippen LogP contribution in [0.3, 0.4) is 0 Å². The molecule has 0 saturated heterocycles. The van der Waals surface area contributed by atoms with E-state index in [1.165, 1.54) is 0 Å². The molecule has 0 radical (unpaired) electrons. The summed E-state index contributed by atoms with van der Waals surface area (Å²) in [6.07, 6.45) is 0.906. The Bertz CT molecular complexity index is 458. The Kier molecular flexibility index (Phi) is 5.74. The Labute approximate surface area is 120 Å². The molecule has 1 aromatic rings. The lowest BCUT2D eigenvalue weighted by Gasteiger charge is -2.19. The lowest BCUT2D eigenvalue weighted by Crippen LogP contribution is -2.32. The molecule has 0 aromatic heterocycles. The van der Waals surface area contributed by atoms with Gasteiger partial charge in [0.2, 0.25) is 0 Å². The van der Waals surface area contributed by atoms with Crippen molar-refractivity contribution in [3.05, 3.63) is 35.4 Å². The van der Waals surface area contributed by atoms with Crippen molar-refractivity contribution in [2.75, 3.05) is 0 Å². The van der Waals surface area contributed by atoms with Gasteiger partial charge in [0.25, 0.3) is 0 Å². The Hall–Kier alpha value is -1.84. The summed E-state index contributed by atoms with van der Waals surface area (Å²) < 4.78 is 5.16. The lowest BCUT2D eigenvalue weighted by molar-refractivity contribution is -0.116. The minimum absolute atomic E-state index is 0.195. The highest BCUT2D eigenvalue weighted by molar-refractivity contribution is 5.75. The standard InChI is InChI=1S/C16H23NO3/c1-12(18)5-6-13-7-9-14(10-8-13)11-17-15(19)20-16(2,3)4/h7-10H,5-6,11H2,1-4H3,(H,17,19). The number of hydrogen-bond acceptors (Lipinski definition) is 3. The van der Waals surface area contributed by atoms with E-state index < -0.39 is 11.7 Å². The number of carbonyl (C=O) groups is 2. The molecule has 0 saturated carbocycles. The number of carbonyl (C=O) groups excluding carboxylic acids is 2. The van der Waals surface area contributed by atoms with Gasteiger partial charge < -0.3 is 14.8 Å². The zero-order chi connectivity index (χ0) is 15.2. The van der Waals surface area contributed by atoms with Crippen LogP contribution in [0.15, 0.2) is 24.3 Å². The Morgan fingerprint density at radius 1 is 1.10 bits per heavy atom. The van der Waals surface area contributed by atoms with Crippen molar-refractivity contribution in [2.45, 2.75) is 52.7 Å². The first-order valence-corrected chi connectivity index (χ1v) is 6.80. The molecule has 1 N–H and O–H groups in total. The lowest BCUT2D eigenvalue weighted by atomic mass is 10.1. The van der Waals surface area contributed by atoms with Crippen molar-refractivity contribution >= 4 is 11.9 Å². The number of amides is 1. The van der Waals surface area contributed by atoms with Gasteiger partial charge in [-0.2, -0.15) is 0 Å². The molecule has 0 spiro atoms. The maximum Gasteiger partial charge on any atom is 0.407 e. The van der Waals surface area contributed by atoms with Gasteiger partial charge in [0.05, 0.1) is 0 Å². The quantitative estimate of drug-likeness (QED) is 0.899. The van der Waals surface area contributed by atoms with Crippen LogP contribution < -0.4 is 5.32 Å². The van der Waals surface area contributed by atoms with Gasteiger partial charge in [-0.1, -0.05) is 24.3 Å². The van der Waals surface area contributed by atoms with Gasteiger partial charge in [-0.3, -0.25) is 0 Å². The highest BCUT2D eigenvalue weighted by Crippen LogP contribution is 2.09. The summed E-state index contributed by atoms with van der Waals surface area (Å²) in [5.74, 6) is 0.195. The fraction of sp³-hybridized carbons (Fsp3) is 0.500. The predicted molar refractivity (Wildman–Crippen MR) is 78.5 cm³/mol. The van der Waals surface area contributed by atoms with Crippen LogP contribution in [0.25, 0.3) is 0 Å². The molecular formula is C16H23NO3. The van der Waals surface area contributed by atoms with E-state index in [2.05, 4.69) is 5.32 Å². The van der Waals surface area contributed by atoms with Crippen LogP contribution in [-0.2, 0) is 22.5 Å². The van der Waals surface area contributed by atoms with Crippen LogP contribution in [0, 0.1) is 0 Å². The third kappa shape index (κ3) is 6.92. The maximum atomic E-state index is 11.5. The van der Waals surface area contributed by atoms with Crippen molar-refractivity contribution < 1.29 is 14.3 Å². The van der Waals surface area contributed by atoms with Crippen molar-refractivity contribution in [1.82, 2.24) is 5.32 Å². The number of ether oxygens (including phenoxy) is 1. The second-order valence-electron chi connectivity index (χ2n) is 5.87. The van der Waals surface area contributed by atoms with Crippen molar-refractivity contribution in [3.63, 3.8) is 0 Å². The van der Waals surface area contributed by atoms with Gasteiger partial charge in [0, 0.05) is 13.0 Å². The summed E-state index contributed by atoms with van der Waals surface area (Å²) in [7, 11) is 0. The summed E-state index contributed by atoms with van der Waals surface area (Å²) in [4.78, 5) is 22.4. The van der Waals surface area contributed by atoms with E-state index in [1.807, 2.05) is 45.0 Å². The van der Waals surface area contributed by atoms with E-state index in [0.29, 0.717) is 13.0 Å². The number of alkyl carbamates (subject to hydrolysis) is 1. The third-order valence-electron chi connectivity index (χ3n) is 2.62. The van der Waals surface area contributed by atoms with Crippen molar-refractivity contribution in [2.24, 2.45) is 0 Å². The summed E-state index contributed by atoms with van der Waals surface area (Å²) in [6.45, 7) is 7.52. The minimum Gasteiger partial charge on any atom is -0.444 e. The minimum atomic E-state index is -0.485. The molecule has 20 heavy (non-hydrogen) atoms. The predicted octanol–water partition coefficient (Wildman–Crippen LogP) is 3.23. The second-order valence-corrected chi connectivity index (χ2v) is 5.87. The zero-order valence-electron chi connectivity index (χ0n) is 12.7. The molecule has 1 amide bonds. The molecule has 0 aliphatic carbocycles. The number of aryl methyl sites for hydroxylation is 1. The Morgan fingerprint density at radius 2 is 1.65 bits per heavy atom. The van der Waals surface area contributed by atoms with Crippen molar-refractivity contribution in [1.29, 1.82) is 0 Å². The average molecular weight is 277 g/mol. The molecule has 110 valence electrons. The van der Waals surface area contributed by atoms with E-state index in [-0.39, 0.29) is 5.78 Å². The SMILES string of the molecule is CC(=O)CCc1ccc(CNC(=O)OC(C)(C)C)cc1. The van der Waals surface area contributed by atoms with E-state index in [1.54, 1.807) is 6.92 Å². The van der Waals surface area contributed by atoms with E-state index >= 15 is 0 Å².